The van der Waals surface area contributed by atoms with Gasteiger partial charge in [-0.05, 0) is 54.5 Å². The van der Waals surface area contributed by atoms with E-state index in [4.69, 9.17) is 0 Å². The summed E-state index contributed by atoms with van der Waals surface area (Å²) in [6.07, 6.45) is 3.67. The molecule has 5 saturated carbocycles. The van der Waals surface area contributed by atoms with Gasteiger partial charge in [0.25, 0.3) is 0 Å². The third kappa shape index (κ3) is 1.25. The number of ketones is 3. The zero-order valence-electron chi connectivity index (χ0n) is 15.7. The van der Waals surface area contributed by atoms with E-state index in [1.54, 1.807) is 0 Å². The summed E-state index contributed by atoms with van der Waals surface area (Å²) in [5.41, 5.74) is -0.227. The van der Waals surface area contributed by atoms with Crippen molar-refractivity contribution >= 4 is 17.3 Å². The molecule has 26 heavy (non-hydrogen) atoms. The minimum Gasteiger partial charge on any atom is -0.299 e. The summed E-state index contributed by atoms with van der Waals surface area (Å²) >= 11 is 0. The average Bonchev–Trinajstić information content (AvgIpc) is 3.14. The summed E-state index contributed by atoms with van der Waals surface area (Å²) in [5.74, 6) is 0.935. The summed E-state index contributed by atoms with van der Waals surface area (Å²) in [5, 5.41) is 0. The number of rotatable bonds is 1. The minimum atomic E-state index is -0.470. The van der Waals surface area contributed by atoms with E-state index in [-0.39, 0.29) is 40.8 Å². The Balaban J connectivity index is 1.64. The molecule has 7 bridgehead atoms. The van der Waals surface area contributed by atoms with Crippen molar-refractivity contribution in [1.29, 1.82) is 0 Å². The number of fused-ring (bicyclic) bond motifs is 1. The molecular formula is C22H27NO3. The fourth-order valence-corrected chi connectivity index (χ4v) is 9.20. The molecule has 0 unspecified atom stereocenters. The Kier molecular flexibility index (Phi) is 2.57. The van der Waals surface area contributed by atoms with Crippen molar-refractivity contribution < 1.29 is 14.4 Å². The lowest BCUT2D eigenvalue weighted by Crippen LogP contribution is -2.67. The highest BCUT2D eigenvalue weighted by atomic mass is 16.1. The van der Waals surface area contributed by atoms with Crippen LogP contribution in [0.4, 0.5) is 0 Å². The van der Waals surface area contributed by atoms with Crippen LogP contribution < -0.4 is 0 Å². The second-order valence-electron chi connectivity index (χ2n) is 10.3. The van der Waals surface area contributed by atoms with Crippen molar-refractivity contribution in [3.63, 3.8) is 0 Å². The van der Waals surface area contributed by atoms with Crippen molar-refractivity contribution in [2.75, 3.05) is 13.1 Å². The largest absolute Gasteiger partial charge is 0.299 e. The van der Waals surface area contributed by atoms with Crippen LogP contribution in [-0.2, 0) is 14.4 Å². The highest BCUT2D eigenvalue weighted by molar-refractivity contribution is 6.12. The number of allylic oxidation sites excluding steroid dienone is 1. The molecule has 4 heteroatoms. The maximum absolute atomic E-state index is 13.6. The van der Waals surface area contributed by atoms with E-state index < -0.39 is 10.8 Å². The molecule has 6 rings (SSSR count). The summed E-state index contributed by atoms with van der Waals surface area (Å²) in [7, 11) is 0. The maximum Gasteiger partial charge on any atom is 0.165 e. The lowest BCUT2D eigenvalue weighted by molar-refractivity contribution is -0.175. The predicted molar refractivity (Wildman–Crippen MR) is 95.2 cm³/mol. The Labute approximate surface area is 154 Å². The van der Waals surface area contributed by atoms with Crippen LogP contribution >= 0.6 is 0 Å². The van der Waals surface area contributed by atoms with E-state index in [0.29, 0.717) is 36.5 Å². The number of nitrogens with zero attached hydrogens (tertiary/aromatic N) is 1. The van der Waals surface area contributed by atoms with Gasteiger partial charge in [0.1, 0.15) is 11.6 Å². The first-order chi connectivity index (χ1) is 12.3. The molecule has 0 aromatic heterocycles. The van der Waals surface area contributed by atoms with Gasteiger partial charge in [-0.25, -0.2) is 0 Å². The number of Topliss-reactive ketones (excluding diaryl/α,β-unsaturated/α-hetero) is 3. The van der Waals surface area contributed by atoms with Gasteiger partial charge in [-0.15, -0.1) is 0 Å². The molecule has 0 N–H and O–H groups in total. The molecule has 0 aromatic carbocycles. The second-order valence-corrected chi connectivity index (χ2v) is 10.3. The number of likely N-dealkylation sites (tertiary alicyclic amines) is 1. The van der Waals surface area contributed by atoms with Gasteiger partial charge in [-0.3, -0.25) is 19.3 Å². The summed E-state index contributed by atoms with van der Waals surface area (Å²) in [6.45, 7) is 10.5. The number of piperidine rings is 1. The Hall–Kier alpha value is -1.29. The lowest BCUT2D eigenvalue weighted by Gasteiger charge is -2.61. The van der Waals surface area contributed by atoms with Crippen LogP contribution in [0.3, 0.4) is 0 Å². The molecule has 1 heterocycles. The van der Waals surface area contributed by atoms with E-state index in [2.05, 4.69) is 25.3 Å². The van der Waals surface area contributed by atoms with Gasteiger partial charge in [0.05, 0.1) is 5.41 Å². The molecule has 8 atom stereocenters. The first-order valence-electron chi connectivity index (χ1n) is 10.4. The summed E-state index contributed by atoms with van der Waals surface area (Å²) in [6, 6.07) is 0.171. The fourth-order valence-electron chi connectivity index (χ4n) is 9.20. The van der Waals surface area contributed by atoms with E-state index in [0.717, 1.165) is 25.9 Å². The van der Waals surface area contributed by atoms with Crippen LogP contribution in [0.15, 0.2) is 12.2 Å². The first kappa shape index (κ1) is 15.7. The molecule has 0 radical (unpaired) electrons. The smallest absolute Gasteiger partial charge is 0.165 e. The lowest BCUT2D eigenvalue weighted by atomic mass is 9.44. The van der Waals surface area contributed by atoms with Crippen molar-refractivity contribution in [3.05, 3.63) is 12.2 Å². The molecule has 0 aromatic rings. The van der Waals surface area contributed by atoms with Crippen molar-refractivity contribution in [3.8, 4) is 0 Å². The third-order valence-electron chi connectivity index (χ3n) is 9.88. The first-order valence-corrected chi connectivity index (χ1v) is 10.4. The zero-order chi connectivity index (χ0) is 18.2. The van der Waals surface area contributed by atoms with Crippen molar-refractivity contribution in [2.24, 2.45) is 39.9 Å². The van der Waals surface area contributed by atoms with Crippen molar-refractivity contribution in [2.45, 2.75) is 52.0 Å². The van der Waals surface area contributed by atoms with Gasteiger partial charge in [0, 0.05) is 36.8 Å². The van der Waals surface area contributed by atoms with Gasteiger partial charge in [-0.1, -0.05) is 20.4 Å². The normalized spacial score (nSPS) is 57.1. The van der Waals surface area contributed by atoms with Crippen LogP contribution in [-0.4, -0.2) is 41.4 Å². The standard InChI is InChI=1S/C22H27NO3/c1-4-23-10-20(3)6-5-17(25)22-15(20)7-13(18(22)23)21-9-12(11(2)19(21)26)14(24)8-16(21)22/h12-13,15-16,18H,2,4-10H2,1,3H3/t12-,13+,15-,16-,18-,20+,21+,22+/m1/s1. The quantitative estimate of drug-likeness (QED) is 0.680. The molecular weight excluding hydrogens is 326 g/mol. The number of hydrogen-bond acceptors (Lipinski definition) is 4. The summed E-state index contributed by atoms with van der Waals surface area (Å²) in [4.78, 5) is 42.5. The van der Waals surface area contributed by atoms with Crippen molar-refractivity contribution in [1.82, 2.24) is 4.90 Å². The highest BCUT2D eigenvalue weighted by Gasteiger charge is 2.85. The molecule has 0 amide bonds. The molecule has 6 aliphatic rings. The molecule has 1 aliphatic heterocycles. The van der Waals surface area contributed by atoms with E-state index in [1.165, 1.54) is 0 Å². The van der Waals surface area contributed by atoms with Crippen LogP contribution in [0.1, 0.15) is 46.0 Å². The second kappa shape index (κ2) is 4.24. The van der Waals surface area contributed by atoms with Gasteiger partial charge in [0.2, 0.25) is 0 Å². The summed E-state index contributed by atoms with van der Waals surface area (Å²) < 4.78 is 0. The van der Waals surface area contributed by atoms with Gasteiger partial charge < -0.3 is 0 Å². The van der Waals surface area contributed by atoms with E-state index in [9.17, 15) is 14.4 Å². The van der Waals surface area contributed by atoms with Gasteiger partial charge >= 0.3 is 0 Å². The Bertz CT molecular complexity index is 816. The van der Waals surface area contributed by atoms with Crippen LogP contribution in [0, 0.1) is 39.9 Å². The molecule has 2 spiro atoms. The number of hydrogen-bond donors (Lipinski definition) is 0. The Morgan fingerprint density at radius 2 is 2.00 bits per heavy atom. The van der Waals surface area contributed by atoms with Crippen LogP contribution in [0.25, 0.3) is 0 Å². The SMILES string of the molecule is C=C1C(=O)[C@]23C[C@H]1C(=O)C[C@H]2[C@@]12C(=O)CC[C@@]4(C)CN(CC)[C@@H]1[C@@H]3C[C@H]42. The molecule has 1 saturated heterocycles. The Morgan fingerprint density at radius 3 is 2.73 bits per heavy atom. The Morgan fingerprint density at radius 1 is 1.23 bits per heavy atom. The topological polar surface area (TPSA) is 54.5 Å². The van der Waals surface area contributed by atoms with Crippen LogP contribution in [0.5, 0.6) is 0 Å². The minimum absolute atomic E-state index is 0.0688. The van der Waals surface area contributed by atoms with Crippen LogP contribution in [0.2, 0.25) is 0 Å². The average molecular weight is 353 g/mol. The van der Waals surface area contributed by atoms with E-state index >= 15 is 0 Å². The molecule has 4 nitrogen and oxygen atoms in total. The fraction of sp³-hybridized carbons (Fsp3) is 0.773. The molecule has 138 valence electrons. The number of carbonyl (C=O) groups excluding carboxylic acids is 3. The maximum atomic E-state index is 13.6. The highest BCUT2D eigenvalue weighted by Crippen LogP contribution is 2.81. The van der Waals surface area contributed by atoms with Gasteiger partial charge in [-0.2, -0.15) is 0 Å². The molecule has 6 fully saturated rings. The number of carbonyl (C=O) groups is 3. The monoisotopic (exact) mass is 353 g/mol. The molecule has 5 aliphatic carbocycles. The predicted octanol–water partition coefficient (Wildman–Crippen LogP) is 2.42. The van der Waals surface area contributed by atoms with Gasteiger partial charge in [0.15, 0.2) is 5.78 Å². The van der Waals surface area contributed by atoms with E-state index in [1.807, 2.05) is 0 Å². The zero-order valence-corrected chi connectivity index (χ0v) is 15.7. The third-order valence-corrected chi connectivity index (χ3v) is 9.88.